The minimum atomic E-state index is -4.57. The fourth-order valence-corrected chi connectivity index (χ4v) is 4.82. The molecule has 2 amide bonds. The SMILES string of the molecule is CSCCCC1(C)CN(C(=O)Nc2cccc(C(=O)OC(C)C)c2)N=C1c1ccc(C(F)(F)F)c(Cl)c1. The van der Waals surface area contributed by atoms with Crippen LogP contribution in [0.2, 0.25) is 5.02 Å². The van der Waals surface area contributed by atoms with E-state index < -0.39 is 34.2 Å². The maximum absolute atomic E-state index is 13.2. The summed E-state index contributed by atoms with van der Waals surface area (Å²) in [5.74, 6) is 0.385. The molecule has 0 radical (unpaired) electrons. The molecule has 0 aliphatic carbocycles. The second kappa shape index (κ2) is 11.8. The van der Waals surface area contributed by atoms with Crippen molar-refractivity contribution >= 4 is 46.8 Å². The molecule has 11 heteroatoms. The van der Waals surface area contributed by atoms with E-state index in [1.807, 2.05) is 13.2 Å². The van der Waals surface area contributed by atoms with Crippen molar-refractivity contribution < 1.29 is 27.5 Å². The first-order valence-corrected chi connectivity index (χ1v) is 13.5. The zero-order valence-electron chi connectivity index (χ0n) is 21.0. The number of amides is 2. The van der Waals surface area contributed by atoms with E-state index in [1.54, 1.807) is 43.8 Å². The van der Waals surface area contributed by atoms with Gasteiger partial charge in [0, 0.05) is 11.1 Å². The Labute approximate surface area is 223 Å². The number of hydrogen-bond donors (Lipinski definition) is 1. The summed E-state index contributed by atoms with van der Waals surface area (Å²) in [7, 11) is 0. The molecule has 2 aromatic carbocycles. The average molecular weight is 556 g/mol. The normalized spacial score (nSPS) is 17.6. The number of ether oxygens (including phenoxy) is 1. The van der Waals surface area contributed by atoms with Crippen molar-refractivity contribution in [2.45, 2.75) is 45.9 Å². The molecule has 37 heavy (non-hydrogen) atoms. The van der Waals surface area contributed by atoms with E-state index in [0.29, 0.717) is 28.9 Å². The van der Waals surface area contributed by atoms with Gasteiger partial charge in [0.15, 0.2) is 0 Å². The van der Waals surface area contributed by atoms with Crippen LogP contribution < -0.4 is 5.32 Å². The Bertz CT molecular complexity index is 1190. The molecule has 0 saturated carbocycles. The van der Waals surface area contributed by atoms with Gasteiger partial charge >= 0.3 is 18.2 Å². The quantitative estimate of drug-likeness (QED) is 0.273. The van der Waals surface area contributed by atoms with Gasteiger partial charge in [0.2, 0.25) is 0 Å². The molecule has 0 fully saturated rings. The zero-order valence-corrected chi connectivity index (χ0v) is 22.6. The first-order valence-electron chi connectivity index (χ1n) is 11.7. The summed E-state index contributed by atoms with van der Waals surface area (Å²) in [6.45, 7) is 5.66. The Kier molecular flexibility index (Phi) is 9.18. The van der Waals surface area contributed by atoms with Gasteiger partial charge in [0.05, 0.1) is 34.5 Å². The largest absolute Gasteiger partial charge is 0.459 e. The molecule has 1 aliphatic heterocycles. The number of hydrogen-bond acceptors (Lipinski definition) is 5. The number of alkyl halides is 3. The van der Waals surface area contributed by atoms with Crippen LogP contribution in [-0.2, 0) is 10.9 Å². The summed E-state index contributed by atoms with van der Waals surface area (Å²) in [6.07, 6.45) is -1.36. The lowest BCUT2D eigenvalue weighted by atomic mass is 9.78. The molecule has 0 spiro atoms. The van der Waals surface area contributed by atoms with Crippen LogP contribution in [0, 0.1) is 5.41 Å². The Morgan fingerprint density at radius 3 is 2.59 bits per heavy atom. The standard InChI is InChI=1S/C26H29ClF3N3O3S/c1-16(2)36-23(34)18-7-5-8-19(13-18)31-24(35)33-15-25(3,11-6-12-37-4)22(32-33)17-9-10-20(21(27)14-17)26(28,29)30/h5,7-10,13-14,16H,6,11-12,15H2,1-4H3,(H,31,35). The van der Waals surface area contributed by atoms with Crippen LogP contribution >= 0.6 is 23.4 Å². The summed E-state index contributed by atoms with van der Waals surface area (Å²) >= 11 is 7.67. The van der Waals surface area contributed by atoms with Gasteiger partial charge < -0.3 is 10.1 Å². The second-order valence-corrected chi connectivity index (χ2v) is 10.7. The third-order valence-electron chi connectivity index (χ3n) is 5.84. The molecular formula is C26H29ClF3N3O3S. The Morgan fingerprint density at radius 2 is 1.97 bits per heavy atom. The topological polar surface area (TPSA) is 71.0 Å². The third-order valence-corrected chi connectivity index (χ3v) is 6.85. The highest BCUT2D eigenvalue weighted by Crippen LogP contribution is 2.39. The van der Waals surface area contributed by atoms with Gasteiger partial charge in [-0.3, -0.25) is 0 Å². The molecule has 0 aromatic heterocycles. The minimum Gasteiger partial charge on any atom is -0.459 e. The first-order chi connectivity index (χ1) is 17.3. The maximum Gasteiger partial charge on any atom is 0.417 e. The highest BCUT2D eigenvalue weighted by atomic mass is 35.5. The lowest BCUT2D eigenvalue weighted by Crippen LogP contribution is -2.36. The molecule has 1 atom stereocenters. The molecule has 6 nitrogen and oxygen atoms in total. The number of urea groups is 1. The summed E-state index contributed by atoms with van der Waals surface area (Å²) in [4.78, 5) is 25.4. The highest BCUT2D eigenvalue weighted by molar-refractivity contribution is 7.98. The van der Waals surface area contributed by atoms with Crippen LogP contribution in [0.15, 0.2) is 47.6 Å². The van der Waals surface area contributed by atoms with Crippen molar-refractivity contribution in [3.05, 3.63) is 64.2 Å². The van der Waals surface area contributed by atoms with Gasteiger partial charge in [0.1, 0.15) is 0 Å². The Hall–Kier alpha value is -2.72. The molecule has 3 rings (SSSR count). The van der Waals surface area contributed by atoms with Crippen LogP contribution in [0.1, 0.15) is 55.1 Å². The van der Waals surface area contributed by atoms with Crippen LogP contribution in [0.25, 0.3) is 0 Å². The van der Waals surface area contributed by atoms with E-state index in [2.05, 4.69) is 10.4 Å². The Balaban J connectivity index is 1.87. The van der Waals surface area contributed by atoms with Crippen molar-refractivity contribution in [1.82, 2.24) is 5.01 Å². The predicted octanol–water partition coefficient (Wildman–Crippen LogP) is 7.33. The van der Waals surface area contributed by atoms with E-state index in [1.165, 1.54) is 23.2 Å². The van der Waals surface area contributed by atoms with Crippen molar-refractivity contribution in [3.63, 3.8) is 0 Å². The zero-order chi connectivity index (χ0) is 27.4. The fourth-order valence-electron chi connectivity index (χ4n) is 4.10. The fraction of sp³-hybridized carbons (Fsp3) is 0.423. The number of carbonyl (C=O) groups is 2. The van der Waals surface area contributed by atoms with Crippen molar-refractivity contribution in [3.8, 4) is 0 Å². The smallest absolute Gasteiger partial charge is 0.417 e. The van der Waals surface area contributed by atoms with Gasteiger partial charge in [-0.2, -0.15) is 30.0 Å². The lowest BCUT2D eigenvalue weighted by Gasteiger charge is -2.26. The van der Waals surface area contributed by atoms with Crippen LogP contribution in [-0.4, -0.2) is 47.4 Å². The van der Waals surface area contributed by atoms with Crippen molar-refractivity contribution in [2.75, 3.05) is 23.9 Å². The number of nitrogens with zero attached hydrogens (tertiary/aromatic N) is 2. The number of thioether (sulfide) groups is 1. The molecule has 2 aromatic rings. The number of rotatable bonds is 8. The van der Waals surface area contributed by atoms with E-state index in [9.17, 15) is 22.8 Å². The summed E-state index contributed by atoms with van der Waals surface area (Å²) in [5.41, 5.74) is 0.0732. The number of esters is 1. The number of benzene rings is 2. The highest BCUT2D eigenvalue weighted by Gasteiger charge is 2.42. The molecule has 0 bridgehead atoms. The average Bonchev–Trinajstić information content (AvgIpc) is 3.15. The van der Waals surface area contributed by atoms with Crippen LogP contribution in [0.3, 0.4) is 0 Å². The molecule has 1 unspecified atom stereocenters. The molecule has 1 N–H and O–H groups in total. The van der Waals surface area contributed by atoms with Crippen molar-refractivity contribution in [1.29, 1.82) is 0 Å². The first kappa shape index (κ1) is 28.8. The second-order valence-electron chi connectivity index (χ2n) is 9.32. The number of halogens is 4. The van der Waals surface area contributed by atoms with E-state index in [0.717, 1.165) is 18.2 Å². The van der Waals surface area contributed by atoms with Crippen LogP contribution in [0.5, 0.6) is 0 Å². The number of hydrazone groups is 1. The van der Waals surface area contributed by atoms with Gasteiger partial charge in [-0.25, -0.2) is 14.6 Å². The van der Waals surface area contributed by atoms with Crippen molar-refractivity contribution in [2.24, 2.45) is 10.5 Å². The third kappa shape index (κ3) is 7.19. The monoisotopic (exact) mass is 555 g/mol. The molecule has 0 saturated heterocycles. The lowest BCUT2D eigenvalue weighted by molar-refractivity contribution is -0.137. The summed E-state index contributed by atoms with van der Waals surface area (Å²) in [6, 6.07) is 9.36. The van der Waals surface area contributed by atoms with Gasteiger partial charge in [0.25, 0.3) is 0 Å². The molecule has 1 aliphatic rings. The summed E-state index contributed by atoms with van der Waals surface area (Å²) in [5, 5.41) is 8.10. The number of nitrogens with one attached hydrogen (secondary N) is 1. The molecular weight excluding hydrogens is 527 g/mol. The van der Waals surface area contributed by atoms with Gasteiger partial charge in [-0.05, 0) is 74.6 Å². The van der Waals surface area contributed by atoms with E-state index in [-0.39, 0.29) is 12.6 Å². The predicted molar refractivity (Wildman–Crippen MR) is 141 cm³/mol. The van der Waals surface area contributed by atoms with Gasteiger partial charge in [-0.1, -0.05) is 30.7 Å². The Morgan fingerprint density at radius 1 is 1.24 bits per heavy atom. The minimum absolute atomic E-state index is 0.232. The van der Waals surface area contributed by atoms with Gasteiger partial charge in [-0.15, -0.1) is 0 Å². The maximum atomic E-state index is 13.2. The van der Waals surface area contributed by atoms with E-state index in [4.69, 9.17) is 16.3 Å². The molecule has 200 valence electrons. The summed E-state index contributed by atoms with van der Waals surface area (Å²) < 4.78 is 44.9. The van der Waals surface area contributed by atoms with Crippen LogP contribution in [0.4, 0.5) is 23.7 Å². The number of carbonyl (C=O) groups excluding carboxylic acids is 2. The molecule has 1 heterocycles. The van der Waals surface area contributed by atoms with E-state index >= 15 is 0 Å². The number of anilines is 1.